The zero-order valence-electron chi connectivity index (χ0n) is 16.2. The van der Waals surface area contributed by atoms with Gasteiger partial charge in [-0.15, -0.1) is 0 Å². The number of hydrogen-bond donors (Lipinski definition) is 0. The minimum Gasteiger partial charge on any atom is -0.368 e. The molecule has 0 amide bonds. The van der Waals surface area contributed by atoms with Crippen molar-refractivity contribution in [2.45, 2.75) is 19.4 Å². The van der Waals surface area contributed by atoms with E-state index >= 15 is 0 Å². The molecule has 2 aromatic carbocycles. The van der Waals surface area contributed by atoms with Gasteiger partial charge < -0.3 is 14.7 Å². The van der Waals surface area contributed by atoms with E-state index in [1.807, 2.05) is 12.3 Å². The molecule has 1 saturated heterocycles. The Kier molecular flexibility index (Phi) is 4.35. The van der Waals surface area contributed by atoms with E-state index in [-0.39, 0.29) is 0 Å². The predicted molar refractivity (Wildman–Crippen MR) is 115 cm³/mol. The first-order chi connectivity index (χ1) is 13.8. The molecule has 3 heterocycles. The fourth-order valence-electron chi connectivity index (χ4n) is 4.34. The minimum absolute atomic E-state index is 0.412. The quantitative estimate of drug-likeness (QED) is 0.698. The molecule has 28 heavy (non-hydrogen) atoms. The van der Waals surface area contributed by atoms with Crippen LogP contribution in [0.4, 0.5) is 23.1 Å². The third-order valence-corrected chi connectivity index (χ3v) is 5.77. The Hall–Kier alpha value is -3.08. The van der Waals surface area contributed by atoms with Gasteiger partial charge >= 0.3 is 0 Å². The van der Waals surface area contributed by atoms with Gasteiger partial charge in [-0.2, -0.15) is 4.98 Å². The van der Waals surface area contributed by atoms with Crippen LogP contribution in [0, 0.1) is 0 Å². The number of para-hydroxylation sites is 2. The topological polar surface area (TPSA) is 35.5 Å². The van der Waals surface area contributed by atoms with Crippen molar-refractivity contribution in [3.8, 4) is 0 Å². The first kappa shape index (κ1) is 17.0. The van der Waals surface area contributed by atoms with Crippen molar-refractivity contribution in [3.63, 3.8) is 0 Å². The second-order valence-electron chi connectivity index (χ2n) is 7.58. The molecule has 5 heteroatoms. The maximum Gasteiger partial charge on any atom is 0.227 e. The van der Waals surface area contributed by atoms with E-state index in [9.17, 15) is 0 Å². The minimum atomic E-state index is 0.412. The Morgan fingerprint density at radius 3 is 2.36 bits per heavy atom. The molecular formula is C23H25N5. The SMILES string of the molecule is CC1Cc2ccccc2N1c1ccnc(N2CCN(c3ccccc3)CC2)n1. The molecule has 1 fully saturated rings. The summed E-state index contributed by atoms with van der Waals surface area (Å²) in [7, 11) is 0. The van der Waals surface area contributed by atoms with E-state index < -0.39 is 0 Å². The molecule has 142 valence electrons. The van der Waals surface area contributed by atoms with Gasteiger partial charge in [0.2, 0.25) is 5.95 Å². The van der Waals surface area contributed by atoms with Crippen LogP contribution in [0.1, 0.15) is 12.5 Å². The van der Waals surface area contributed by atoms with Gasteiger partial charge in [0.25, 0.3) is 0 Å². The second-order valence-corrected chi connectivity index (χ2v) is 7.58. The third kappa shape index (κ3) is 3.07. The molecular weight excluding hydrogens is 346 g/mol. The lowest BCUT2D eigenvalue weighted by Crippen LogP contribution is -2.47. The summed E-state index contributed by atoms with van der Waals surface area (Å²) < 4.78 is 0. The van der Waals surface area contributed by atoms with Gasteiger partial charge in [-0.05, 0) is 43.2 Å². The van der Waals surface area contributed by atoms with Crippen molar-refractivity contribution in [2.75, 3.05) is 40.9 Å². The van der Waals surface area contributed by atoms with Crippen molar-refractivity contribution in [1.29, 1.82) is 0 Å². The van der Waals surface area contributed by atoms with Gasteiger partial charge in [-0.25, -0.2) is 4.98 Å². The van der Waals surface area contributed by atoms with Crippen molar-refractivity contribution in [1.82, 2.24) is 9.97 Å². The van der Waals surface area contributed by atoms with Gasteiger partial charge in [0.05, 0.1) is 0 Å². The van der Waals surface area contributed by atoms with Crippen LogP contribution < -0.4 is 14.7 Å². The third-order valence-electron chi connectivity index (χ3n) is 5.77. The number of anilines is 4. The molecule has 0 spiro atoms. The summed E-state index contributed by atoms with van der Waals surface area (Å²) in [6, 6.07) is 21.7. The van der Waals surface area contributed by atoms with Crippen LogP contribution in [0.3, 0.4) is 0 Å². The molecule has 0 aliphatic carbocycles. The van der Waals surface area contributed by atoms with E-state index in [4.69, 9.17) is 4.98 Å². The van der Waals surface area contributed by atoms with Gasteiger partial charge in [0.1, 0.15) is 5.82 Å². The van der Waals surface area contributed by atoms with Gasteiger partial charge in [0.15, 0.2) is 0 Å². The number of rotatable bonds is 3. The molecule has 5 rings (SSSR count). The average Bonchev–Trinajstić information content (AvgIpc) is 3.10. The Morgan fingerprint density at radius 1 is 0.821 bits per heavy atom. The van der Waals surface area contributed by atoms with E-state index in [0.717, 1.165) is 44.4 Å². The maximum absolute atomic E-state index is 4.95. The Labute approximate surface area is 166 Å². The first-order valence-electron chi connectivity index (χ1n) is 10.0. The molecule has 3 aromatic rings. The molecule has 0 radical (unpaired) electrons. The zero-order valence-corrected chi connectivity index (χ0v) is 16.2. The monoisotopic (exact) mass is 371 g/mol. The van der Waals surface area contributed by atoms with Crippen LogP contribution >= 0.6 is 0 Å². The van der Waals surface area contributed by atoms with E-state index in [0.29, 0.717) is 6.04 Å². The molecule has 1 unspecified atom stereocenters. The predicted octanol–water partition coefficient (Wildman–Crippen LogP) is 3.89. The fourth-order valence-corrected chi connectivity index (χ4v) is 4.34. The highest BCUT2D eigenvalue weighted by Crippen LogP contribution is 2.37. The maximum atomic E-state index is 4.95. The molecule has 0 N–H and O–H groups in total. The van der Waals surface area contributed by atoms with Crippen LogP contribution in [-0.4, -0.2) is 42.2 Å². The summed E-state index contributed by atoms with van der Waals surface area (Å²) in [6.45, 7) is 6.11. The number of benzene rings is 2. The molecule has 5 nitrogen and oxygen atoms in total. The number of nitrogens with zero attached hydrogens (tertiary/aromatic N) is 5. The highest BCUT2D eigenvalue weighted by atomic mass is 15.3. The summed E-state index contributed by atoms with van der Waals surface area (Å²) in [6.07, 6.45) is 2.96. The van der Waals surface area contributed by atoms with Crippen LogP contribution in [0.25, 0.3) is 0 Å². The summed E-state index contributed by atoms with van der Waals surface area (Å²) in [4.78, 5) is 16.6. The molecule has 2 aliphatic heterocycles. The van der Waals surface area contributed by atoms with Crippen LogP contribution in [-0.2, 0) is 6.42 Å². The number of hydrogen-bond acceptors (Lipinski definition) is 5. The normalized spacial score (nSPS) is 19.0. The second kappa shape index (κ2) is 7.15. The summed E-state index contributed by atoms with van der Waals surface area (Å²) in [5.74, 6) is 1.83. The number of piperazine rings is 1. The smallest absolute Gasteiger partial charge is 0.227 e. The van der Waals surface area contributed by atoms with Crippen molar-refractivity contribution in [2.24, 2.45) is 0 Å². The fraction of sp³-hybridized carbons (Fsp3) is 0.304. The van der Waals surface area contributed by atoms with Crippen LogP contribution in [0.2, 0.25) is 0 Å². The van der Waals surface area contributed by atoms with Crippen molar-refractivity contribution < 1.29 is 0 Å². The zero-order chi connectivity index (χ0) is 18.9. The molecule has 0 bridgehead atoms. The molecule has 0 saturated carbocycles. The molecule has 1 atom stereocenters. The molecule has 2 aliphatic rings. The standard InChI is InChI=1S/C23H25N5/c1-18-17-19-7-5-6-10-21(19)28(18)22-11-12-24-23(25-22)27-15-13-26(14-16-27)20-8-3-2-4-9-20/h2-12,18H,13-17H2,1H3. The Bertz CT molecular complexity index is 950. The van der Waals surface area contributed by atoms with Gasteiger partial charge in [-0.3, -0.25) is 0 Å². The number of fused-ring (bicyclic) bond motifs is 1. The lowest BCUT2D eigenvalue weighted by Gasteiger charge is -2.36. The number of aromatic nitrogens is 2. The van der Waals surface area contributed by atoms with Crippen molar-refractivity contribution >= 4 is 23.1 Å². The van der Waals surface area contributed by atoms with E-state index in [2.05, 4.69) is 81.2 Å². The van der Waals surface area contributed by atoms with E-state index in [1.54, 1.807) is 0 Å². The van der Waals surface area contributed by atoms with Gasteiger partial charge in [0, 0.05) is 49.8 Å². The largest absolute Gasteiger partial charge is 0.368 e. The van der Waals surface area contributed by atoms with E-state index in [1.165, 1.54) is 16.9 Å². The highest BCUT2D eigenvalue weighted by molar-refractivity contribution is 5.69. The first-order valence-corrected chi connectivity index (χ1v) is 10.0. The van der Waals surface area contributed by atoms with Crippen LogP contribution in [0.5, 0.6) is 0 Å². The molecule has 1 aromatic heterocycles. The Morgan fingerprint density at radius 2 is 1.54 bits per heavy atom. The summed E-state index contributed by atoms with van der Waals surface area (Å²) in [5, 5.41) is 0. The van der Waals surface area contributed by atoms with Crippen molar-refractivity contribution in [3.05, 3.63) is 72.4 Å². The van der Waals surface area contributed by atoms with Crippen LogP contribution in [0.15, 0.2) is 66.9 Å². The van der Waals surface area contributed by atoms with Gasteiger partial charge in [-0.1, -0.05) is 36.4 Å². The summed E-state index contributed by atoms with van der Waals surface area (Å²) >= 11 is 0. The average molecular weight is 371 g/mol. The lowest BCUT2D eigenvalue weighted by atomic mass is 10.1. The Balaban J connectivity index is 1.35. The lowest BCUT2D eigenvalue weighted by molar-refractivity contribution is 0.639. The summed E-state index contributed by atoms with van der Waals surface area (Å²) in [5.41, 5.74) is 3.96. The highest BCUT2D eigenvalue weighted by Gasteiger charge is 2.28.